The normalized spacial score (nSPS) is 12.5. The minimum absolute atomic E-state index is 0.0503. The third-order valence-corrected chi connectivity index (χ3v) is 2.72. The maximum Gasteiger partial charge on any atom is 0.289 e. The van der Waals surface area contributed by atoms with Crippen molar-refractivity contribution in [3.05, 3.63) is 23.7 Å². The summed E-state index contributed by atoms with van der Waals surface area (Å²) in [6.07, 6.45) is 2.48. The largest absolute Gasteiger partial charge is 0.459 e. The molecule has 1 aromatic rings. The predicted octanol–water partition coefficient (Wildman–Crippen LogP) is 2.83. The highest BCUT2D eigenvalue weighted by atomic mass is 79.9. The molecule has 1 atom stereocenters. The summed E-state index contributed by atoms with van der Waals surface area (Å²) in [5.41, 5.74) is 0.888. The first kappa shape index (κ1) is 12.3. The van der Waals surface area contributed by atoms with Crippen molar-refractivity contribution in [3.63, 3.8) is 0 Å². The Labute approximate surface area is 98.6 Å². The molecule has 1 amide bonds. The lowest BCUT2D eigenvalue weighted by atomic mass is 10.2. The first-order chi connectivity index (χ1) is 7.02. The molecule has 0 saturated heterocycles. The van der Waals surface area contributed by atoms with E-state index >= 15 is 0 Å². The molecular weight excluding hydrogens is 258 g/mol. The van der Waals surface area contributed by atoms with Crippen LogP contribution in [0.5, 0.6) is 0 Å². The van der Waals surface area contributed by atoms with Crippen molar-refractivity contribution >= 4 is 21.8 Å². The fourth-order valence-corrected chi connectivity index (χ4v) is 1.44. The van der Waals surface area contributed by atoms with Gasteiger partial charge in [-0.1, -0.05) is 22.9 Å². The Morgan fingerprint density at radius 3 is 2.80 bits per heavy atom. The minimum atomic E-state index is -0.0503. The Hall–Kier alpha value is -0.770. The van der Waals surface area contributed by atoms with Crippen molar-refractivity contribution in [2.75, 3.05) is 13.6 Å². The van der Waals surface area contributed by atoms with Crippen LogP contribution >= 0.6 is 15.9 Å². The molecule has 84 valence electrons. The summed E-state index contributed by atoms with van der Waals surface area (Å²) in [7, 11) is 1.79. The summed E-state index contributed by atoms with van der Waals surface area (Å²) < 4.78 is 5.15. The Kier molecular flexibility index (Phi) is 4.39. The van der Waals surface area contributed by atoms with E-state index in [1.807, 2.05) is 6.92 Å². The number of hydrogen-bond donors (Lipinski definition) is 0. The Balaban J connectivity index is 2.57. The van der Waals surface area contributed by atoms with Crippen LogP contribution in [0.2, 0.25) is 0 Å². The lowest BCUT2D eigenvalue weighted by Crippen LogP contribution is -2.28. The molecule has 1 rings (SSSR count). The van der Waals surface area contributed by atoms with Gasteiger partial charge in [-0.15, -0.1) is 0 Å². The Morgan fingerprint density at radius 2 is 2.33 bits per heavy atom. The summed E-state index contributed by atoms with van der Waals surface area (Å²) in [4.78, 5) is 14.0. The van der Waals surface area contributed by atoms with Crippen LogP contribution in [0.1, 0.15) is 29.5 Å². The number of rotatable bonds is 4. The van der Waals surface area contributed by atoms with E-state index in [0.29, 0.717) is 10.6 Å². The topological polar surface area (TPSA) is 33.5 Å². The van der Waals surface area contributed by atoms with Crippen LogP contribution in [-0.4, -0.2) is 29.2 Å². The van der Waals surface area contributed by atoms with Gasteiger partial charge in [0.25, 0.3) is 5.91 Å². The third-order valence-electron chi connectivity index (χ3n) is 2.27. The van der Waals surface area contributed by atoms with E-state index in [2.05, 4.69) is 22.9 Å². The van der Waals surface area contributed by atoms with Gasteiger partial charge in [-0.05, 0) is 19.4 Å². The van der Waals surface area contributed by atoms with Crippen LogP contribution in [0, 0.1) is 6.92 Å². The molecule has 0 fully saturated rings. The lowest BCUT2D eigenvalue weighted by Gasteiger charge is -2.16. The maximum absolute atomic E-state index is 11.9. The Morgan fingerprint density at radius 1 is 1.67 bits per heavy atom. The van der Waals surface area contributed by atoms with Gasteiger partial charge < -0.3 is 9.32 Å². The van der Waals surface area contributed by atoms with Crippen molar-refractivity contribution in [1.29, 1.82) is 0 Å². The second kappa shape index (κ2) is 5.35. The second-order valence-corrected chi connectivity index (χ2v) is 5.29. The fraction of sp³-hybridized carbons (Fsp3) is 0.545. The second-order valence-electron chi connectivity index (χ2n) is 3.73. The van der Waals surface area contributed by atoms with Crippen LogP contribution in [0.15, 0.2) is 16.7 Å². The zero-order valence-electron chi connectivity index (χ0n) is 9.29. The van der Waals surface area contributed by atoms with Gasteiger partial charge in [0.1, 0.15) is 0 Å². The minimum Gasteiger partial charge on any atom is -0.459 e. The van der Waals surface area contributed by atoms with Crippen LogP contribution in [-0.2, 0) is 0 Å². The number of halogens is 1. The van der Waals surface area contributed by atoms with E-state index in [9.17, 15) is 4.79 Å². The number of alkyl halides is 1. The van der Waals surface area contributed by atoms with E-state index < -0.39 is 0 Å². The highest BCUT2D eigenvalue weighted by Crippen LogP contribution is 2.12. The first-order valence-electron chi connectivity index (χ1n) is 4.96. The molecule has 0 N–H and O–H groups in total. The molecule has 4 heteroatoms. The molecule has 0 radical (unpaired) electrons. The molecular formula is C11H16BrNO2. The van der Waals surface area contributed by atoms with Gasteiger partial charge >= 0.3 is 0 Å². The van der Waals surface area contributed by atoms with Crippen LogP contribution in [0.3, 0.4) is 0 Å². The van der Waals surface area contributed by atoms with Gasteiger partial charge in [0.15, 0.2) is 5.76 Å². The van der Waals surface area contributed by atoms with Crippen molar-refractivity contribution in [1.82, 2.24) is 4.90 Å². The molecule has 3 nitrogen and oxygen atoms in total. The summed E-state index contributed by atoms with van der Waals surface area (Å²) in [6, 6.07) is 1.80. The van der Waals surface area contributed by atoms with Gasteiger partial charge in [-0.3, -0.25) is 4.79 Å². The Bertz CT molecular complexity index is 333. The zero-order valence-corrected chi connectivity index (χ0v) is 10.9. The number of aryl methyl sites for hydroxylation is 1. The maximum atomic E-state index is 11.9. The molecule has 1 unspecified atom stereocenters. The standard InChI is InChI=1S/C11H16BrNO2/c1-8-5-7-15-10(8)11(14)13(3)6-4-9(2)12/h5,7,9H,4,6H2,1-3H3. The van der Waals surface area contributed by atoms with E-state index in [1.165, 1.54) is 0 Å². The van der Waals surface area contributed by atoms with Crippen molar-refractivity contribution in [2.45, 2.75) is 25.1 Å². The van der Waals surface area contributed by atoms with Crippen molar-refractivity contribution < 1.29 is 9.21 Å². The van der Waals surface area contributed by atoms with Gasteiger partial charge in [0.2, 0.25) is 0 Å². The van der Waals surface area contributed by atoms with Gasteiger partial charge in [0.05, 0.1) is 6.26 Å². The molecule has 0 saturated carbocycles. The molecule has 0 aromatic carbocycles. The highest BCUT2D eigenvalue weighted by molar-refractivity contribution is 9.09. The number of nitrogens with zero attached hydrogens (tertiary/aromatic N) is 1. The average Bonchev–Trinajstić information content (AvgIpc) is 2.59. The summed E-state index contributed by atoms with van der Waals surface area (Å²) in [5, 5.41) is 0. The average molecular weight is 274 g/mol. The summed E-state index contributed by atoms with van der Waals surface area (Å²) in [6.45, 7) is 4.67. The summed E-state index contributed by atoms with van der Waals surface area (Å²) >= 11 is 3.45. The zero-order chi connectivity index (χ0) is 11.4. The molecule has 1 aromatic heterocycles. The van der Waals surface area contributed by atoms with Crippen LogP contribution in [0.4, 0.5) is 0 Å². The smallest absolute Gasteiger partial charge is 0.289 e. The number of amides is 1. The van der Waals surface area contributed by atoms with E-state index in [0.717, 1.165) is 18.5 Å². The molecule has 1 heterocycles. The van der Waals surface area contributed by atoms with E-state index in [-0.39, 0.29) is 5.91 Å². The third kappa shape index (κ3) is 3.38. The summed E-state index contributed by atoms with van der Waals surface area (Å²) in [5.74, 6) is 0.394. The quantitative estimate of drug-likeness (QED) is 0.791. The molecule has 15 heavy (non-hydrogen) atoms. The van der Waals surface area contributed by atoms with Crippen LogP contribution < -0.4 is 0 Å². The van der Waals surface area contributed by atoms with Crippen molar-refractivity contribution in [3.8, 4) is 0 Å². The van der Waals surface area contributed by atoms with Gasteiger partial charge in [0, 0.05) is 24.0 Å². The van der Waals surface area contributed by atoms with E-state index in [1.54, 1.807) is 24.3 Å². The van der Waals surface area contributed by atoms with Crippen molar-refractivity contribution in [2.24, 2.45) is 0 Å². The SMILES string of the molecule is Cc1ccoc1C(=O)N(C)CCC(C)Br. The first-order valence-corrected chi connectivity index (χ1v) is 5.87. The molecule has 0 aliphatic carbocycles. The number of carbonyl (C=O) groups excluding carboxylic acids is 1. The fourth-order valence-electron chi connectivity index (χ4n) is 1.24. The lowest BCUT2D eigenvalue weighted by molar-refractivity contribution is 0.0761. The van der Waals surface area contributed by atoms with Crippen LogP contribution in [0.25, 0.3) is 0 Å². The number of carbonyl (C=O) groups is 1. The predicted molar refractivity (Wildman–Crippen MR) is 63.4 cm³/mol. The van der Waals surface area contributed by atoms with Gasteiger partial charge in [-0.25, -0.2) is 0 Å². The number of furan rings is 1. The monoisotopic (exact) mass is 273 g/mol. The number of hydrogen-bond acceptors (Lipinski definition) is 2. The molecule has 0 bridgehead atoms. The highest BCUT2D eigenvalue weighted by Gasteiger charge is 2.17. The van der Waals surface area contributed by atoms with E-state index in [4.69, 9.17) is 4.42 Å². The molecule has 0 aliphatic heterocycles. The molecule has 0 aliphatic rings. The molecule has 0 spiro atoms. The van der Waals surface area contributed by atoms with Gasteiger partial charge in [-0.2, -0.15) is 0 Å².